The van der Waals surface area contributed by atoms with E-state index in [4.69, 9.17) is 0 Å². The van der Waals surface area contributed by atoms with Gasteiger partial charge in [0.25, 0.3) is 0 Å². The molecule has 0 aromatic rings. The molecule has 84 valence electrons. The normalized spacial score (nSPS) is 31.1. The van der Waals surface area contributed by atoms with Gasteiger partial charge in [-0.05, 0) is 44.6 Å². The highest BCUT2D eigenvalue weighted by Gasteiger charge is 2.45. The molecule has 14 heavy (non-hydrogen) atoms. The van der Waals surface area contributed by atoms with Gasteiger partial charge in [-0.25, -0.2) is 0 Å². The summed E-state index contributed by atoms with van der Waals surface area (Å²) in [5.74, 6) is 0. The fraction of sp³-hybridized carbons (Fsp3) is 1.00. The first-order chi connectivity index (χ1) is 6.06. The van der Waals surface area contributed by atoms with E-state index in [0.29, 0.717) is 16.4 Å². The lowest BCUT2D eigenvalue weighted by molar-refractivity contribution is 0.0872. The quantitative estimate of drug-likeness (QED) is 0.574. The Kier molecular flexibility index (Phi) is 2.78. The topological polar surface area (TPSA) is 3.24 Å². The van der Waals surface area contributed by atoms with Crippen molar-refractivity contribution in [3.05, 3.63) is 0 Å². The summed E-state index contributed by atoms with van der Waals surface area (Å²) >= 11 is 0. The molecule has 0 aliphatic carbocycles. The number of hydrogen-bond donors (Lipinski definition) is 0. The minimum Gasteiger partial charge on any atom is -0.298 e. The molecule has 1 rings (SSSR count). The second-order valence-corrected chi connectivity index (χ2v) is 7.15. The molecule has 1 aliphatic heterocycles. The Balaban J connectivity index is 2.75. The van der Waals surface area contributed by atoms with Crippen LogP contribution in [0.3, 0.4) is 0 Å². The molecule has 0 saturated carbocycles. The summed E-state index contributed by atoms with van der Waals surface area (Å²) in [4.78, 5) is 2.62. The second kappa shape index (κ2) is 3.23. The summed E-state index contributed by atoms with van der Waals surface area (Å²) in [5, 5.41) is 0. The summed E-state index contributed by atoms with van der Waals surface area (Å²) in [5.41, 5.74) is 1.25. The first-order valence-corrected chi connectivity index (χ1v) is 5.81. The standard InChI is InChI=1S/C13H27N/c1-11(2,3)13(7)8-9-14(10-13)12(4,5)6/h8-10H2,1-7H3. The van der Waals surface area contributed by atoms with Crippen LogP contribution < -0.4 is 0 Å². The summed E-state index contributed by atoms with van der Waals surface area (Å²) in [6.07, 6.45) is 1.34. The van der Waals surface area contributed by atoms with E-state index < -0.39 is 0 Å². The average molecular weight is 197 g/mol. The second-order valence-electron chi connectivity index (χ2n) is 7.15. The van der Waals surface area contributed by atoms with Crippen LogP contribution in [-0.2, 0) is 0 Å². The average Bonchev–Trinajstić information content (AvgIpc) is 2.29. The Hall–Kier alpha value is -0.0400. The zero-order valence-corrected chi connectivity index (χ0v) is 11.1. The predicted molar refractivity (Wildman–Crippen MR) is 63.5 cm³/mol. The van der Waals surface area contributed by atoms with Crippen LogP contribution in [0.15, 0.2) is 0 Å². The van der Waals surface area contributed by atoms with Gasteiger partial charge >= 0.3 is 0 Å². The first-order valence-electron chi connectivity index (χ1n) is 5.81. The van der Waals surface area contributed by atoms with E-state index >= 15 is 0 Å². The third-order valence-corrected chi connectivity index (χ3v) is 4.23. The Morgan fingerprint density at radius 3 is 1.71 bits per heavy atom. The van der Waals surface area contributed by atoms with E-state index in [9.17, 15) is 0 Å². The largest absolute Gasteiger partial charge is 0.298 e. The number of likely N-dealkylation sites (tertiary alicyclic amines) is 1. The van der Waals surface area contributed by atoms with Crippen molar-refractivity contribution in [3.8, 4) is 0 Å². The molecule has 1 unspecified atom stereocenters. The van der Waals surface area contributed by atoms with E-state index in [1.165, 1.54) is 19.5 Å². The number of nitrogens with zero attached hydrogens (tertiary/aromatic N) is 1. The Morgan fingerprint density at radius 2 is 1.50 bits per heavy atom. The minimum atomic E-state index is 0.336. The minimum absolute atomic E-state index is 0.336. The van der Waals surface area contributed by atoms with Crippen molar-refractivity contribution in [2.75, 3.05) is 13.1 Å². The highest BCUT2D eigenvalue weighted by Crippen LogP contribution is 2.46. The molecule has 1 fully saturated rings. The van der Waals surface area contributed by atoms with E-state index in [1.807, 2.05) is 0 Å². The van der Waals surface area contributed by atoms with Crippen LogP contribution >= 0.6 is 0 Å². The summed E-state index contributed by atoms with van der Waals surface area (Å²) in [6, 6.07) is 0. The fourth-order valence-corrected chi connectivity index (χ4v) is 2.15. The van der Waals surface area contributed by atoms with Crippen molar-refractivity contribution in [1.29, 1.82) is 0 Å². The highest BCUT2D eigenvalue weighted by molar-refractivity contribution is 4.97. The molecular formula is C13H27N. The maximum Gasteiger partial charge on any atom is 0.0125 e. The maximum atomic E-state index is 2.62. The van der Waals surface area contributed by atoms with Gasteiger partial charge in [-0.1, -0.05) is 27.7 Å². The Morgan fingerprint density at radius 1 is 1.00 bits per heavy atom. The van der Waals surface area contributed by atoms with Crippen LogP contribution in [0.2, 0.25) is 0 Å². The number of rotatable bonds is 0. The van der Waals surface area contributed by atoms with Crippen molar-refractivity contribution in [2.24, 2.45) is 10.8 Å². The van der Waals surface area contributed by atoms with Gasteiger partial charge in [0.05, 0.1) is 0 Å². The van der Waals surface area contributed by atoms with Gasteiger partial charge in [-0.3, -0.25) is 4.90 Å². The molecule has 0 bridgehead atoms. The van der Waals surface area contributed by atoms with Crippen LogP contribution in [-0.4, -0.2) is 23.5 Å². The van der Waals surface area contributed by atoms with Crippen molar-refractivity contribution in [2.45, 2.75) is 60.4 Å². The molecule has 1 heteroatoms. The van der Waals surface area contributed by atoms with Crippen LogP contribution in [0, 0.1) is 10.8 Å². The van der Waals surface area contributed by atoms with E-state index in [1.54, 1.807) is 0 Å². The molecule has 1 nitrogen and oxygen atoms in total. The lowest BCUT2D eigenvalue weighted by Crippen LogP contribution is -2.43. The predicted octanol–water partition coefficient (Wildman–Crippen LogP) is 3.54. The monoisotopic (exact) mass is 197 g/mol. The van der Waals surface area contributed by atoms with Gasteiger partial charge in [0, 0.05) is 12.1 Å². The van der Waals surface area contributed by atoms with Crippen molar-refractivity contribution in [1.82, 2.24) is 4.90 Å². The molecule has 0 aromatic heterocycles. The van der Waals surface area contributed by atoms with E-state index in [2.05, 4.69) is 53.4 Å². The maximum absolute atomic E-state index is 2.62. The smallest absolute Gasteiger partial charge is 0.0125 e. The Bertz CT molecular complexity index is 206. The van der Waals surface area contributed by atoms with Crippen LogP contribution in [0.4, 0.5) is 0 Å². The van der Waals surface area contributed by atoms with Crippen LogP contribution in [0.5, 0.6) is 0 Å². The van der Waals surface area contributed by atoms with Crippen LogP contribution in [0.25, 0.3) is 0 Å². The van der Waals surface area contributed by atoms with Crippen molar-refractivity contribution >= 4 is 0 Å². The SMILES string of the molecule is CC(C)(C)N1CCC(C)(C(C)(C)C)C1. The first kappa shape index (κ1) is 12.0. The molecule has 1 saturated heterocycles. The lowest BCUT2D eigenvalue weighted by atomic mass is 9.67. The van der Waals surface area contributed by atoms with Gasteiger partial charge in [-0.2, -0.15) is 0 Å². The molecule has 0 amide bonds. The molecule has 1 atom stereocenters. The van der Waals surface area contributed by atoms with Gasteiger partial charge in [-0.15, -0.1) is 0 Å². The zero-order valence-electron chi connectivity index (χ0n) is 11.1. The summed E-state index contributed by atoms with van der Waals surface area (Å²) in [7, 11) is 0. The summed E-state index contributed by atoms with van der Waals surface area (Å²) < 4.78 is 0. The highest BCUT2D eigenvalue weighted by atomic mass is 15.2. The summed E-state index contributed by atoms with van der Waals surface area (Å²) in [6.45, 7) is 19.0. The van der Waals surface area contributed by atoms with Crippen LogP contribution in [0.1, 0.15) is 54.9 Å². The zero-order chi connectivity index (χ0) is 11.2. The van der Waals surface area contributed by atoms with Gasteiger partial charge < -0.3 is 0 Å². The molecule has 0 aromatic carbocycles. The van der Waals surface area contributed by atoms with Gasteiger partial charge in [0.1, 0.15) is 0 Å². The molecule has 0 spiro atoms. The fourth-order valence-electron chi connectivity index (χ4n) is 2.15. The molecule has 0 N–H and O–H groups in total. The van der Waals surface area contributed by atoms with E-state index in [-0.39, 0.29) is 0 Å². The lowest BCUT2D eigenvalue weighted by Gasteiger charge is -2.40. The van der Waals surface area contributed by atoms with Crippen molar-refractivity contribution in [3.63, 3.8) is 0 Å². The molecule has 1 aliphatic rings. The van der Waals surface area contributed by atoms with Gasteiger partial charge in [0.15, 0.2) is 0 Å². The van der Waals surface area contributed by atoms with Gasteiger partial charge in [0.2, 0.25) is 0 Å². The molecular weight excluding hydrogens is 170 g/mol. The molecule has 0 radical (unpaired) electrons. The van der Waals surface area contributed by atoms with Crippen molar-refractivity contribution < 1.29 is 0 Å². The van der Waals surface area contributed by atoms with E-state index in [0.717, 1.165) is 0 Å². The third-order valence-electron chi connectivity index (χ3n) is 4.23. The third kappa shape index (κ3) is 2.13. The molecule has 1 heterocycles. The number of hydrogen-bond acceptors (Lipinski definition) is 1. The Labute approximate surface area is 89.9 Å².